The lowest BCUT2D eigenvalue weighted by Gasteiger charge is -2.26. The van der Waals surface area contributed by atoms with Gasteiger partial charge in [0.05, 0.1) is 18.5 Å². The molecule has 1 aromatic rings. The molecule has 144 valence electrons. The summed E-state index contributed by atoms with van der Waals surface area (Å²) in [5.41, 5.74) is 1.05. The third-order valence-electron chi connectivity index (χ3n) is 4.50. The van der Waals surface area contributed by atoms with Gasteiger partial charge >= 0.3 is 0 Å². The van der Waals surface area contributed by atoms with Crippen molar-refractivity contribution in [1.82, 2.24) is 10.2 Å². The van der Waals surface area contributed by atoms with Gasteiger partial charge in [0.1, 0.15) is 0 Å². The first-order valence-corrected chi connectivity index (χ1v) is 11.0. The minimum absolute atomic E-state index is 0.134. The van der Waals surface area contributed by atoms with Crippen molar-refractivity contribution in [3.8, 4) is 0 Å². The maximum absolute atomic E-state index is 12.2. The van der Waals surface area contributed by atoms with Crippen molar-refractivity contribution in [3.05, 3.63) is 42.5 Å². The summed E-state index contributed by atoms with van der Waals surface area (Å²) in [4.78, 5) is 14.7. The quantitative estimate of drug-likeness (QED) is 0.528. The molecule has 26 heavy (non-hydrogen) atoms. The van der Waals surface area contributed by atoms with Crippen LogP contribution in [0.25, 0.3) is 0 Å². The second-order valence-corrected chi connectivity index (χ2v) is 8.55. The molecular formula is C19H29N3O3S. The van der Waals surface area contributed by atoms with Crippen LogP contribution in [0.1, 0.15) is 36.0 Å². The second kappa shape index (κ2) is 9.73. The van der Waals surface area contributed by atoms with Crippen molar-refractivity contribution in [2.45, 2.75) is 25.7 Å². The van der Waals surface area contributed by atoms with Crippen LogP contribution in [0.4, 0.5) is 5.69 Å². The van der Waals surface area contributed by atoms with Crippen LogP contribution in [0, 0.1) is 0 Å². The molecule has 0 saturated carbocycles. The lowest BCUT2D eigenvalue weighted by molar-refractivity contribution is 0.0951. The Hall–Kier alpha value is -1.86. The molecule has 0 aromatic heterocycles. The number of piperidine rings is 1. The molecule has 1 amide bonds. The Labute approximate surface area is 156 Å². The van der Waals surface area contributed by atoms with Crippen LogP contribution >= 0.6 is 0 Å². The van der Waals surface area contributed by atoms with E-state index in [0.717, 1.165) is 32.3 Å². The Morgan fingerprint density at radius 3 is 2.46 bits per heavy atom. The van der Waals surface area contributed by atoms with E-state index >= 15 is 0 Å². The topological polar surface area (TPSA) is 69.7 Å². The van der Waals surface area contributed by atoms with E-state index in [9.17, 15) is 13.2 Å². The number of nitrogens with zero attached hydrogens (tertiary/aromatic N) is 2. The fourth-order valence-corrected chi connectivity index (χ4v) is 4.00. The summed E-state index contributed by atoms with van der Waals surface area (Å²) < 4.78 is 24.9. The smallest absolute Gasteiger partial charge is 0.251 e. The number of carbonyl (C=O) groups excluding carboxylic acids is 1. The molecule has 0 aliphatic carbocycles. The van der Waals surface area contributed by atoms with Gasteiger partial charge in [-0.05, 0) is 63.2 Å². The van der Waals surface area contributed by atoms with E-state index in [2.05, 4.69) is 16.8 Å². The highest BCUT2D eigenvalue weighted by atomic mass is 32.2. The molecule has 6 nitrogen and oxygen atoms in total. The van der Waals surface area contributed by atoms with Gasteiger partial charge in [0.25, 0.3) is 5.91 Å². The van der Waals surface area contributed by atoms with Gasteiger partial charge in [0.15, 0.2) is 0 Å². The molecule has 0 radical (unpaired) electrons. The number of carbonyl (C=O) groups is 1. The number of amides is 1. The summed E-state index contributed by atoms with van der Waals surface area (Å²) in [6, 6.07) is 6.59. The number of rotatable bonds is 9. The first-order valence-electron chi connectivity index (χ1n) is 9.11. The predicted octanol–water partition coefficient (Wildman–Crippen LogP) is 2.24. The average molecular weight is 380 g/mol. The molecular weight excluding hydrogens is 350 g/mol. The normalized spacial score (nSPS) is 15.4. The van der Waals surface area contributed by atoms with Crippen molar-refractivity contribution in [1.29, 1.82) is 0 Å². The van der Waals surface area contributed by atoms with Crippen LogP contribution in [0.3, 0.4) is 0 Å². The van der Waals surface area contributed by atoms with E-state index in [0.29, 0.717) is 17.8 Å². The summed E-state index contributed by atoms with van der Waals surface area (Å²) in [7, 11) is -3.38. The fraction of sp³-hybridized carbons (Fsp3) is 0.526. The number of hydrogen-bond donors (Lipinski definition) is 1. The van der Waals surface area contributed by atoms with E-state index in [-0.39, 0.29) is 12.5 Å². The van der Waals surface area contributed by atoms with Crippen LogP contribution < -0.4 is 9.62 Å². The van der Waals surface area contributed by atoms with E-state index in [1.807, 2.05) is 0 Å². The molecule has 0 spiro atoms. The Morgan fingerprint density at radius 2 is 1.88 bits per heavy atom. The zero-order valence-electron chi connectivity index (χ0n) is 15.5. The Balaban J connectivity index is 1.84. The molecule has 1 heterocycles. The first kappa shape index (κ1) is 20.5. The zero-order valence-corrected chi connectivity index (χ0v) is 16.3. The van der Waals surface area contributed by atoms with Gasteiger partial charge in [-0.1, -0.05) is 12.5 Å². The first-order chi connectivity index (χ1) is 12.4. The predicted molar refractivity (Wildman–Crippen MR) is 106 cm³/mol. The molecule has 1 aromatic carbocycles. The van der Waals surface area contributed by atoms with Gasteiger partial charge in [-0.25, -0.2) is 8.42 Å². The molecule has 0 bridgehead atoms. The maximum atomic E-state index is 12.2. The minimum Gasteiger partial charge on any atom is -0.352 e. The molecule has 1 saturated heterocycles. The fourth-order valence-electron chi connectivity index (χ4n) is 3.12. The third-order valence-corrected chi connectivity index (χ3v) is 5.66. The van der Waals surface area contributed by atoms with E-state index in [1.54, 1.807) is 24.3 Å². The monoisotopic (exact) mass is 379 g/mol. The summed E-state index contributed by atoms with van der Waals surface area (Å²) in [6.45, 7) is 7.77. The Kier molecular flexibility index (Phi) is 7.66. The number of likely N-dealkylation sites (tertiary alicyclic amines) is 1. The maximum Gasteiger partial charge on any atom is 0.251 e. The second-order valence-electron chi connectivity index (χ2n) is 6.64. The lowest BCUT2D eigenvalue weighted by Crippen LogP contribution is -2.33. The number of hydrogen-bond acceptors (Lipinski definition) is 4. The van der Waals surface area contributed by atoms with Crippen molar-refractivity contribution in [2.24, 2.45) is 0 Å². The number of nitrogens with one attached hydrogen (secondary N) is 1. The van der Waals surface area contributed by atoms with Crippen LogP contribution in [-0.2, 0) is 10.0 Å². The van der Waals surface area contributed by atoms with Crippen molar-refractivity contribution in [3.63, 3.8) is 0 Å². The highest BCUT2D eigenvalue weighted by molar-refractivity contribution is 7.92. The molecule has 0 atom stereocenters. The molecule has 0 unspecified atom stereocenters. The van der Waals surface area contributed by atoms with Crippen molar-refractivity contribution < 1.29 is 13.2 Å². The van der Waals surface area contributed by atoms with Crippen LogP contribution in [-0.4, -0.2) is 58.2 Å². The summed E-state index contributed by atoms with van der Waals surface area (Å²) in [5, 5.41) is 2.93. The van der Waals surface area contributed by atoms with E-state index in [1.165, 1.54) is 29.6 Å². The van der Waals surface area contributed by atoms with Crippen LogP contribution in [0.2, 0.25) is 0 Å². The largest absolute Gasteiger partial charge is 0.352 e. The zero-order chi connectivity index (χ0) is 19.0. The number of sulfonamides is 1. The van der Waals surface area contributed by atoms with Gasteiger partial charge in [-0.15, -0.1) is 6.58 Å². The molecule has 1 fully saturated rings. The molecule has 1 aliphatic rings. The third kappa shape index (κ3) is 6.14. The SMILES string of the molecule is C=CCN(c1ccc(C(=O)NCCCN2CCCCC2)cc1)S(C)(=O)=O. The highest BCUT2D eigenvalue weighted by Gasteiger charge is 2.16. The Morgan fingerprint density at radius 1 is 1.23 bits per heavy atom. The summed E-state index contributed by atoms with van der Waals surface area (Å²) >= 11 is 0. The highest BCUT2D eigenvalue weighted by Crippen LogP contribution is 2.18. The molecule has 7 heteroatoms. The summed E-state index contributed by atoms with van der Waals surface area (Å²) in [6.07, 6.45) is 7.49. The minimum atomic E-state index is -3.38. The molecule has 2 rings (SSSR count). The van der Waals surface area contributed by atoms with Gasteiger partial charge in [-0.3, -0.25) is 9.10 Å². The standard InChI is InChI=1S/C19H29N3O3S/c1-3-13-22(26(2,24)25)18-10-8-17(9-11-18)19(23)20-12-7-16-21-14-5-4-6-15-21/h3,8-11H,1,4-7,12-16H2,2H3,(H,20,23). The van der Waals surface area contributed by atoms with Crippen LogP contribution in [0.15, 0.2) is 36.9 Å². The van der Waals surface area contributed by atoms with Gasteiger partial charge < -0.3 is 10.2 Å². The van der Waals surface area contributed by atoms with Gasteiger partial charge in [0.2, 0.25) is 10.0 Å². The number of anilines is 1. The van der Waals surface area contributed by atoms with E-state index in [4.69, 9.17) is 0 Å². The van der Waals surface area contributed by atoms with Gasteiger partial charge in [0, 0.05) is 12.1 Å². The Bertz CT molecular complexity index is 695. The van der Waals surface area contributed by atoms with Crippen molar-refractivity contribution >= 4 is 21.6 Å². The number of benzene rings is 1. The average Bonchev–Trinajstić information content (AvgIpc) is 2.63. The van der Waals surface area contributed by atoms with Crippen LogP contribution in [0.5, 0.6) is 0 Å². The summed E-state index contributed by atoms with van der Waals surface area (Å²) in [5.74, 6) is -0.134. The molecule has 1 aliphatic heterocycles. The lowest BCUT2D eigenvalue weighted by atomic mass is 10.1. The van der Waals surface area contributed by atoms with E-state index < -0.39 is 10.0 Å². The van der Waals surface area contributed by atoms with Crippen molar-refractivity contribution in [2.75, 3.05) is 43.3 Å². The molecule has 1 N–H and O–H groups in total. The van der Waals surface area contributed by atoms with Gasteiger partial charge in [-0.2, -0.15) is 0 Å².